The van der Waals surface area contributed by atoms with E-state index in [9.17, 15) is 8.42 Å². The van der Waals surface area contributed by atoms with Gasteiger partial charge in [-0.1, -0.05) is 24.8 Å². The van der Waals surface area contributed by atoms with E-state index in [4.69, 9.17) is 0 Å². The molecule has 64 valence electrons. The van der Waals surface area contributed by atoms with Crippen molar-refractivity contribution in [3.63, 3.8) is 0 Å². The molecular formula is C8H8O3S. The van der Waals surface area contributed by atoms with Gasteiger partial charge in [0.05, 0.1) is 6.26 Å². The van der Waals surface area contributed by atoms with Crippen LogP contribution in [-0.2, 0) is 14.3 Å². The van der Waals surface area contributed by atoms with Crippen molar-refractivity contribution < 1.29 is 12.6 Å². The number of rotatable bonds is 3. The van der Waals surface area contributed by atoms with Gasteiger partial charge in [-0.25, -0.2) is 0 Å². The van der Waals surface area contributed by atoms with Gasteiger partial charge in [-0.05, 0) is 12.1 Å². The molecule has 1 aromatic rings. The summed E-state index contributed by atoms with van der Waals surface area (Å²) in [4.78, 5) is 0.130. The molecule has 1 rings (SSSR count). The molecule has 3 nitrogen and oxygen atoms in total. The third kappa shape index (κ3) is 1.85. The van der Waals surface area contributed by atoms with Crippen molar-refractivity contribution in [3.05, 3.63) is 43.2 Å². The van der Waals surface area contributed by atoms with E-state index >= 15 is 0 Å². The Hall–Kier alpha value is -1.29. The molecule has 0 saturated heterocycles. The third-order valence-electron chi connectivity index (χ3n) is 1.23. The van der Waals surface area contributed by atoms with E-state index in [0.29, 0.717) is 0 Å². The highest BCUT2D eigenvalue weighted by atomic mass is 32.2. The Bertz CT molecular complexity index is 353. The zero-order valence-corrected chi connectivity index (χ0v) is 7.12. The molecule has 0 unspecified atom stereocenters. The fourth-order valence-corrected chi connectivity index (χ4v) is 1.51. The summed E-state index contributed by atoms with van der Waals surface area (Å²) in [6.45, 7) is 3.17. The molecule has 0 amide bonds. The summed E-state index contributed by atoms with van der Waals surface area (Å²) in [6, 6.07) is 7.89. The summed E-state index contributed by atoms with van der Waals surface area (Å²) < 4.78 is 26.6. The largest absolute Gasteiger partial charge is 0.388 e. The van der Waals surface area contributed by atoms with Crippen LogP contribution in [0, 0.1) is 0 Å². The van der Waals surface area contributed by atoms with Crippen molar-refractivity contribution in [1.82, 2.24) is 0 Å². The first kappa shape index (κ1) is 8.80. The average molecular weight is 184 g/mol. The van der Waals surface area contributed by atoms with Crippen LogP contribution in [0.5, 0.6) is 0 Å². The first-order valence-corrected chi connectivity index (χ1v) is 4.67. The molecule has 0 N–H and O–H groups in total. The van der Waals surface area contributed by atoms with Crippen LogP contribution < -0.4 is 0 Å². The lowest BCUT2D eigenvalue weighted by molar-refractivity contribution is 0.444. The predicted molar refractivity (Wildman–Crippen MR) is 44.9 cm³/mol. The smallest absolute Gasteiger partial charge is 0.338 e. The molecule has 0 bridgehead atoms. The van der Waals surface area contributed by atoms with Crippen molar-refractivity contribution >= 4 is 10.1 Å². The topological polar surface area (TPSA) is 43.4 Å². The third-order valence-corrected chi connectivity index (χ3v) is 2.47. The van der Waals surface area contributed by atoms with Crippen molar-refractivity contribution in [3.8, 4) is 0 Å². The zero-order valence-electron chi connectivity index (χ0n) is 6.30. The summed E-state index contributed by atoms with van der Waals surface area (Å²) >= 11 is 0. The summed E-state index contributed by atoms with van der Waals surface area (Å²) in [5.41, 5.74) is 0. The Morgan fingerprint density at radius 3 is 2.33 bits per heavy atom. The first-order valence-electron chi connectivity index (χ1n) is 3.26. The van der Waals surface area contributed by atoms with E-state index in [0.717, 1.165) is 6.26 Å². The van der Waals surface area contributed by atoms with E-state index in [1.165, 1.54) is 12.1 Å². The van der Waals surface area contributed by atoms with E-state index in [2.05, 4.69) is 10.8 Å². The van der Waals surface area contributed by atoms with Crippen molar-refractivity contribution in [1.29, 1.82) is 0 Å². The van der Waals surface area contributed by atoms with Crippen LogP contribution in [-0.4, -0.2) is 8.42 Å². The van der Waals surface area contributed by atoms with Gasteiger partial charge in [0.15, 0.2) is 0 Å². The Morgan fingerprint density at radius 2 is 1.83 bits per heavy atom. The molecule has 0 radical (unpaired) electrons. The minimum Gasteiger partial charge on any atom is -0.388 e. The van der Waals surface area contributed by atoms with E-state index in [1.807, 2.05) is 0 Å². The van der Waals surface area contributed by atoms with Gasteiger partial charge in [-0.3, -0.25) is 0 Å². The summed E-state index contributed by atoms with van der Waals surface area (Å²) in [7, 11) is -3.63. The maximum atomic E-state index is 11.1. The molecule has 12 heavy (non-hydrogen) atoms. The Labute approximate surface area is 71.4 Å². The minimum absolute atomic E-state index is 0.130. The molecule has 0 aliphatic rings. The van der Waals surface area contributed by atoms with Crippen LogP contribution in [0.4, 0.5) is 0 Å². The molecule has 0 aliphatic heterocycles. The summed E-state index contributed by atoms with van der Waals surface area (Å²) in [5, 5.41) is 0. The number of benzene rings is 1. The molecule has 0 fully saturated rings. The SMILES string of the molecule is C=COS(=O)(=O)c1ccccc1. The quantitative estimate of drug-likeness (QED) is 0.528. The predicted octanol–water partition coefficient (Wildman–Crippen LogP) is 1.54. The van der Waals surface area contributed by atoms with Crippen LogP contribution in [0.1, 0.15) is 0 Å². The fraction of sp³-hybridized carbons (Fsp3) is 0. The lowest BCUT2D eigenvalue weighted by Gasteiger charge is -2.00. The van der Waals surface area contributed by atoms with Gasteiger partial charge in [0.1, 0.15) is 4.90 Å². The zero-order chi connectivity index (χ0) is 9.03. The van der Waals surface area contributed by atoms with Crippen molar-refractivity contribution in [2.24, 2.45) is 0 Å². The van der Waals surface area contributed by atoms with Gasteiger partial charge < -0.3 is 4.18 Å². The monoisotopic (exact) mass is 184 g/mol. The molecule has 4 heteroatoms. The van der Waals surface area contributed by atoms with Crippen LogP contribution >= 0.6 is 0 Å². The molecule has 0 atom stereocenters. The second-order valence-electron chi connectivity index (χ2n) is 2.03. The van der Waals surface area contributed by atoms with Crippen LogP contribution in [0.2, 0.25) is 0 Å². The van der Waals surface area contributed by atoms with Crippen LogP contribution in [0.3, 0.4) is 0 Å². The maximum Gasteiger partial charge on any atom is 0.338 e. The molecule has 0 spiro atoms. The molecule has 0 aliphatic carbocycles. The Balaban J connectivity index is 3.07. The number of hydrogen-bond acceptors (Lipinski definition) is 3. The van der Waals surface area contributed by atoms with E-state index in [1.54, 1.807) is 18.2 Å². The van der Waals surface area contributed by atoms with Gasteiger partial charge in [0, 0.05) is 0 Å². The van der Waals surface area contributed by atoms with Gasteiger partial charge >= 0.3 is 10.1 Å². The van der Waals surface area contributed by atoms with Gasteiger partial charge in [-0.2, -0.15) is 8.42 Å². The molecule has 0 saturated carbocycles. The molecular weight excluding hydrogens is 176 g/mol. The lowest BCUT2D eigenvalue weighted by Crippen LogP contribution is -2.00. The van der Waals surface area contributed by atoms with Gasteiger partial charge in [0.25, 0.3) is 0 Å². The molecule has 1 aromatic carbocycles. The lowest BCUT2D eigenvalue weighted by atomic mass is 10.4. The van der Waals surface area contributed by atoms with Crippen molar-refractivity contribution in [2.45, 2.75) is 4.90 Å². The second-order valence-corrected chi connectivity index (χ2v) is 3.60. The molecule has 0 aromatic heterocycles. The second kappa shape index (κ2) is 3.40. The Kier molecular flexibility index (Phi) is 2.50. The average Bonchev–Trinajstić information content (AvgIpc) is 2.06. The first-order chi connectivity index (χ1) is 5.67. The standard InChI is InChI=1S/C8H8O3S/c1-2-11-12(9,10)8-6-4-3-5-7-8/h2-7H,1H2. The van der Waals surface area contributed by atoms with E-state index in [-0.39, 0.29) is 4.90 Å². The van der Waals surface area contributed by atoms with Crippen LogP contribution in [0.15, 0.2) is 48.1 Å². The molecule has 0 heterocycles. The Morgan fingerprint density at radius 1 is 1.25 bits per heavy atom. The summed E-state index contributed by atoms with van der Waals surface area (Å²) in [5.74, 6) is 0. The highest BCUT2D eigenvalue weighted by Crippen LogP contribution is 2.10. The van der Waals surface area contributed by atoms with Crippen LogP contribution in [0.25, 0.3) is 0 Å². The minimum atomic E-state index is -3.63. The highest BCUT2D eigenvalue weighted by molar-refractivity contribution is 7.86. The number of hydrogen-bond donors (Lipinski definition) is 0. The van der Waals surface area contributed by atoms with Crippen molar-refractivity contribution in [2.75, 3.05) is 0 Å². The van der Waals surface area contributed by atoms with E-state index < -0.39 is 10.1 Å². The normalized spacial score (nSPS) is 10.7. The maximum absolute atomic E-state index is 11.1. The van der Waals surface area contributed by atoms with Gasteiger partial charge in [-0.15, -0.1) is 0 Å². The highest BCUT2D eigenvalue weighted by Gasteiger charge is 2.11. The summed E-state index contributed by atoms with van der Waals surface area (Å²) in [6.07, 6.45) is 0.891. The fourth-order valence-electron chi connectivity index (χ4n) is 0.732. The van der Waals surface area contributed by atoms with Gasteiger partial charge in [0.2, 0.25) is 0 Å².